The molecule has 0 unspecified atom stereocenters. The Balaban J connectivity index is 1.59. The van der Waals surface area contributed by atoms with E-state index in [1.54, 1.807) is 29.2 Å². The van der Waals surface area contributed by atoms with Crippen LogP contribution in [0.1, 0.15) is 28.8 Å². The number of amides is 1. The summed E-state index contributed by atoms with van der Waals surface area (Å²) >= 11 is 0. The highest BCUT2D eigenvalue weighted by Gasteiger charge is 2.28. The molecule has 0 heterocycles. The zero-order valence-corrected chi connectivity index (χ0v) is 20.3. The van der Waals surface area contributed by atoms with Gasteiger partial charge in [0.1, 0.15) is 16.5 Å². The lowest BCUT2D eigenvalue weighted by Crippen LogP contribution is -2.32. The summed E-state index contributed by atoms with van der Waals surface area (Å²) in [6, 6.07) is 16.3. The van der Waals surface area contributed by atoms with E-state index in [-0.39, 0.29) is 34.4 Å². The fourth-order valence-corrected chi connectivity index (χ4v) is 4.58. The molecule has 0 aliphatic heterocycles. The van der Waals surface area contributed by atoms with Gasteiger partial charge in [0.05, 0.1) is 14.2 Å². The predicted molar refractivity (Wildman–Crippen MR) is 128 cm³/mol. The first-order chi connectivity index (χ1) is 16.8. The number of nitrogens with zero attached hydrogens (tertiary/aromatic N) is 1. The molecule has 184 valence electrons. The van der Waals surface area contributed by atoms with Crippen LogP contribution in [0, 0.1) is 11.7 Å². The molecule has 9 heteroatoms. The van der Waals surface area contributed by atoms with E-state index in [9.17, 15) is 17.6 Å². The van der Waals surface area contributed by atoms with Crippen LogP contribution in [0.2, 0.25) is 0 Å². The summed E-state index contributed by atoms with van der Waals surface area (Å²) in [6.45, 7) is 0.733. The average molecular weight is 500 g/mol. The molecule has 3 aromatic rings. The van der Waals surface area contributed by atoms with Crippen LogP contribution in [0.4, 0.5) is 4.39 Å². The highest BCUT2D eigenvalue weighted by molar-refractivity contribution is 7.87. The number of rotatable bonds is 10. The predicted octanol–water partition coefficient (Wildman–Crippen LogP) is 4.66. The lowest BCUT2D eigenvalue weighted by molar-refractivity contribution is 0.0734. The lowest BCUT2D eigenvalue weighted by atomic mass is 10.1. The Morgan fingerprint density at radius 2 is 1.71 bits per heavy atom. The molecule has 7 nitrogen and oxygen atoms in total. The van der Waals surface area contributed by atoms with Crippen LogP contribution in [-0.4, -0.2) is 40.0 Å². The molecule has 4 rings (SSSR count). The van der Waals surface area contributed by atoms with E-state index in [0.29, 0.717) is 23.8 Å². The molecule has 1 aliphatic rings. The van der Waals surface area contributed by atoms with Crippen LogP contribution in [0.3, 0.4) is 0 Å². The SMILES string of the molecule is COc1ccc(S(=O)(=O)Oc2cc(CN(CC3CC3)C(=O)c3cccc(F)c3)ccc2OC)cc1. The van der Waals surface area contributed by atoms with Gasteiger partial charge in [-0.05, 0) is 78.9 Å². The Labute approximate surface area is 204 Å². The van der Waals surface area contributed by atoms with E-state index in [4.69, 9.17) is 13.7 Å². The van der Waals surface area contributed by atoms with Gasteiger partial charge in [0.25, 0.3) is 5.91 Å². The van der Waals surface area contributed by atoms with Crippen LogP contribution < -0.4 is 13.7 Å². The monoisotopic (exact) mass is 499 g/mol. The van der Waals surface area contributed by atoms with Crippen molar-refractivity contribution in [1.82, 2.24) is 4.90 Å². The van der Waals surface area contributed by atoms with E-state index in [1.165, 1.54) is 56.7 Å². The Kier molecular flexibility index (Phi) is 7.25. The molecule has 3 aromatic carbocycles. The van der Waals surface area contributed by atoms with Gasteiger partial charge < -0.3 is 18.6 Å². The second kappa shape index (κ2) is 10.4. The molecular weight excluding hydrogens is 473 g/mol. The molecular formula is C26H26FNO6S. The Bertz CT molecular complexity index is 1310. The topological polar surface area (TPSA) is 82.1 Å². The second-order valence-corrected chi connectivity index (χ2v) is 9.88. The third-order valence-corrected chi connectivity index (χ3v) is 6.93. The number of hydrogen-bond donors (Lipinski definition) is 0. The third-order valence-electron chi connectivity index (χ3n) is 5.68. The quantitative estimate of drug-likeness (QED) is 0.377. The molecule has 0 spiro atoms. The van der Waals surface area contributed by atoms with Gasteiger partial charge in [0.15, 0.2) is 11.5 Å². The first-order valence-electron chi connectivity index (χ1n) is 11.1. The number of halogens is 1. The van der Waals surface area contributed by atoms with E-state index in [0.717, 1.165) is 12.8 Å². The number of hydrogen-bond acceptors (Lipinski definition) is 6. The molecule has 1 fully saturated rings. The normalized spacial score (nSPS) is 13.2. The molecule has 1 saturated carbocycles. The van der Waals surface area contributed by atoms with Crippen LogP contribution in [0.25, 0.3) is 0 Å². The Hall–Kier alpha value is -3.59. The van der Waals surface area contributed by atoms with E-state index >= 15 is 0 Å². The molecule has 1 aliphatic carbocycles. The van der Waals surface area contributed by atoms with E-state index in [2.05, 4.69) is 0 Å². The summed E-state index contributed by atoms with van der Waals surface area (Å²) in [7, 11) is -1.25. The highest BCUT2D eigenvalue weighted by atomic mass is 32.2. The summed E-state index contributed by atoms with van der Waals surface area (Å²) in [6.07, 6.45) is 2.06. The van der Waals surface area contributed by atoms with Gasteiger partial charge in [-0.1, -0.05) is 12.1 Å². The zero-order valence-electron chi connectivity index (χ0n) is 19.4. The molecule has 0 saturated heterocycles. The van der Waals surface area contributed by atoms with Gasteiger partial charge in [-0.3, -0.25) is 4.79 Å². The van der Waals surface area contributed by atoms with E-state index in [1.807, 2.05) is 0 Å². The van der Waals surface area contributed by atoms with Crippen LogP contribution in [-0.2, 0) is 16.7 Å². The van der Waals surface area contributed by atoms with Gasteiger partial charge in [0, 0.05) is 18.7 Å². The van der Waals surface area contributed by atoms with Crippen molar-refractivity contribution in [1.29, 1.82) is 0 Å². The summed E-state index contributed by atoms with van der Waals surface area (Å²) < 4.78 is 55.2. The summed E-state index contributed by atoms with van der Waals surface area (Å²) in [5.41, 5.74) is 0.911. The minimum absolute atomic E-state index is 0.00499. The number of ether oxygens (including phenoxy) is 2. The first kappa shape index (κ1) is 24.5. The van der Waals surface area contributed by atoms with Crippen molar-refractivity contribution >= 4 is 16.0 Å². The second-order valence-electron chi connectivity index (χ2n) is 8.34. The number of methoxy groups -OCH3 is 2. The van der Waals surface area contributed by atoms with Gasteiger partial charge >= 0.3 is 10.1 Å². The maximum Gasteiger partial charge on any atom is 0.339 e. The van der Waals surface area contributed by atoms with Crippen molar-refractivity contribution in [2.75, 3.05) is 20.8 Å². The maximum absolute atomic E-state index is 13.7. The zero-order chi connectivity index (χ0) is 25.0. The molecule has 0 radical (unpaired) electrons. The Morgan fingerprint density at radius 3 is 2.34 bits per heavy atom. The van der Waals surface area contributed by atoms with Crippen molar-refractivity contribution in [3.05, 3.63) is 83.7 Å². The molecule has 0 bridgehead atoms. The highest BCUT2D eigenvalue weighted by Crippen LogP contribution is 2.34. The smallest absolute Gasteiger partial charge is 0.339 e. The van der Waals surface area contributed by atoms with Crippen molar-refractivity contribution in [2.45, 2.75) is 24.3 Å². The van der Waals surface area contributed by atoms with Gasteiger partial charge in [-0.25, -0.2) is 4.39 Å². The van der Waals surface area contributed by atoms with Gasteiger partial charge in [-0.2, -0.15) is 8.42 Å². The van der Waals surface area contributed by atoms with Crippen molar-refractivity contribution in [3.8, 4) is 17.2 Å². The number of carbonyl (C=O) groups excluding carboxylic acids is 1. The number of benzene rings is 3. The van der Waals surface area contributed by atoms with Gasteiger partial charge in [0.2, 0.25) is 0 Å². The average Bonchev–Trinajstić information content (AvgIpc) is 3.67. The van der Waals surface area contributed by atoms with Crippen molar-refractivity contribution in [3.63, 3.8) is 0 Å². The summed E-state index contributed by atoms with van der Waals surface area (Å²) in [5, 5.41) is 0. The van der Waals surface area contributed by atoms with Crippen molar-refractivity contribution < 1.29 is 31.3 Å². The molecule has 0 atom stereocenters. The van der Waals surface area contributed by atoms with E-state index < -0.39 is 15.9 Å². The molecule has 35 heavy (non-hydrogen) atoms. The van der Waals surface area contributed by atoms with Gasteiger partial charge in [-0.15, -0.1) is 0 Å². The molecule has 0 aromatic heterocycles. The Morgan fingerprint density at radius 1 is 0.971 bits per heavy atom. The minimum Gasteiger partial charge on any atom is -0.497 e. The largest absolute Gasteiger partial charge is 0.497 e. The summed E-state index contributed by atoms with van der Waals surface area (Å²) in [4.78, 5) is 14.7. The summed E-state index contributed by atoms with van der Waals surface area (Å²) in [5.74, 6) is 0.382. The van der Waals surface area contributed by atoms with Crippen LogP contribution >= 0.6 is 0 Å². The maximum atomic E-state index is 13.7. The minimum atomic E-state index is -4.15. The molecule has 0 N–H and O–H groups in total. The van der Waals surface area contributed by atoms with Crippen molar-refractivity contribution in [2.24, 2.45) is 5.92 Å². The fourth-order valence-electron chi connectivity index (χ4n) is 3.65. The number of carbonyl (C=O) groups is 1. The first-order valence-corrected chi connectivity index (χ1v) is 12.5. The third kappa shape index (κ3) is 6.10. The van der Waals surface area contributed by atoms with Crippen LogP contribution in [0.15, 0.2) is 71.6 Å². The lowest BCUT2D eigenvalue weighted by Gasteiger charge is -2.23. The standard InChI is InChI=1S/C26H26FNO6S/c1-32-22-9-11-23(12-10-22)35(30,31)34-25-14-19(8-13-24(25)33-2)17-28(16-18-6-7-18)26(29)20-4-3-5-21(27)15-20/h3-5,8-15,18H,6-7,16-17H2,1-2H3. The molecule has 1 amide bonds. The fraction of sp³-hybridized carbons (Fsp3) is 0.269. The van der Waals surface area contributed by atoms with Crippen LogP contribution in [0.5, 0.6) is 17.2 Å².